The third-order valence-corrected chi connectivity index (χ3v) is 3.48. The summed E-state index contributed by atoms with van der Waals surface area (Å²) < 4.78 is 7.05. The fourth-order valence-electron chi connectivity index (χ4n) is 2.12. The van der Waals surface area contributed by atoms with Gasteiger partial charge in [0.1, 0.15) is 10.7 Å². The molecular formula is C13H17ClN4O. The molecule has 2 rings (SSSR count). The molecule has 0 bridgehead atoms. The molecule has 0 atom stereocenters. The molecule has 2 heterocycles. The Bertz CT molecular complexity index is 622. The lowest BCUT2D eigenvalue weighted by Gasteiger charge is -2.08. The number of hydrogen-bond donors (Lipinski definition) is 0. The van der Waals surface area contributed by atoms with Crippen LogP contribution in [0.25, 0.3) is 11.4 Å². The zero-order chi connectivity index (χ0) is 14.2. The molecule has 0 aliphatic heterocycles. The first-order chi connectivity index (χ1) is 8.99. The highest BCUT2D eigenvalue weighted by Gasteiger charge is 2.20. The molecule has 6 heteroatoms. The van der Waals surface area contributed by atoms with Crippen molar-refractivity contribution < 1.29 is 4.74 Å². The van der Waals surface area contributed by atoms with Crippen LogP contribution in [-0.2, 0) is 13.5 Å². The molecule has 2 aromatic heterocycles. The number of halogens is 1. The van der Waals surface area contributed by atoms with Gasteiger partial charge in [0, 0.05) is 18.3 Å². The van der Waals surface area contributed by atoms with Crippen molar-refractivity contribution in [3.63, 3.8) is 0 Å². The van der Waals surface area contributed by atoms with Gasteiger partial charge < -0.3 is 4.74 Å². The predicted octanol–water partition coefficient (Wildman–Crippen LogP) is 2.72. The fourth-order valence-corrected chi connectivity index (χ4v) is 2.31. The largest absolute Gasteiger partial charge is 0.481 e. The zero-order valence-corrected chi connectivity index (χ0v) is 12.5. The van der Waals surface area contributed by atoms with Crippen molar-refractivity contribution >= 4 is 11.6 Å². The predicted molar refractivity (Wildman–Crippen MR) is 74.6 cm³/mol. The first-order valence-electron chi connectivity index (χ1n) is 6.10. The molecule has 0 aliphatic carbocycles. The second kappa shape index (κ2) is 5.17. The van der Waals surface area contributed by atoms with Gasteiger partial charge in [-0.15, -0.1) is 0 Å². The van der Waals surface area contributed by atoms with Gasteiger partial charge in [-0.05, 0) is 20.3 Å². The molecule has 0 fully saturated rings. The molecule has 0 radical (unpaired) electrons. The Hall–Kier alpha value is -1.62. The van der Waals surface area contributed by atoms with Crippen LogP contribution < -0.4 is 4.74 Å². The highest BCUT2D eigenvalue weighted by Crippen LogP contribution is 2.32. The molecule has 19 heavy (non-hydrogen) atoms. The second-order valence-electron chi connectivity index (χ2n) is 4.36. The number of nitrogens with zero attached hydrogens (tertiary/aromatic N) is 4. The number of aromatic nitrogens is 4. The second-order valence-corrected chi connectivity index (χ2v) is 4.71. The van der Waals surface area contributed by atoms with E-state index >= 15 is 0 Å². The summed E-state index contributed by atoms with van der Waals surface area (Å²) in [4.78, 5) is 8.93. The number of rotatable bonds is 3. The van der Waals surface area contributed by atoms with Crippen LogP contribution in [0.15, 0.2) is 0 Å². The van der Waals surface area contributed by atoms with E-state index in [4.69, 9.17) is 16.3 Å². The van der Waals surface area contributed by atoms with Crippen LogP contribution in [0.5, 0.6) is 5.88 Å². The van der Waals surface area contributed by atoms with Gasteiger partial charge in [0.2, 0.25) is 5.88 Å². The number of hydrogen-bond acceptors (Lipinski definition) is 4. The van der Waals surface area contributed by atoms with E-state index in [1.54, 1.807) is 11.8 Å². The zero-order valence-electron chi connectivity index (χ0n) is 11.8. The highest BCUT2D eigenvalue weighted by molar-refractivity contribution is 6.30. The minimum Gasteiger partial charge on any atom is -0.481 e. The van der Waals surface area contributed by atoms with Gasteiger partial charge in [0.15, 0.2) is 5.82 Å². The van der Waals surface area contributed by atoms with Crippen LogP contribution >= 0.6 is 11.6 Å². The van der Waals surface area contributed by atoms with E-state index in [0.717, 1.165) is 28.9 Å². The highest BCUT2D eigenvalue weighted by atomic mass is 35.5. The Morgan fingerprint density at radius 3 is 2.53 bits per heavy atom. The summed E-state index contributed by atoms with van der Waals surface area (Å²) in [6.07, 6.45) is 0.808. The first kappa shape index (κ1) is 13.8. The maximum Gasteiger partial charge on any atom is 0.222 e. The minimum atomic E-state index is 0.479. The lowest BCUT2D eigenvalue weighted by molar-refractivity contribution is 0.374. The topological polar surface area (TPSA) is 52.8 Å². The average Bonchev–Trinajstić information content (AvgIpc) is 2.66. The van der Waals surface area contributed by atoms with Crippen LogP contribution in [0.1, 0.15) is 23.9 Å². The fraction of sp³-hybridized carbons (Fsp3) is 0.462. The average molecular weight is 281 g/mol. The Morgan fingerprint density at radius 2 is 1.95 bits per heavy atom. The van der Waals surface area contributed by atoms with Gasteiger partial charge in [0.05, 0.1) is 12.8 Å². The molecule has 0 saturated heterocycles. The summed E-state index contributed by atoms with van der Waals surface area (Å²) in [6, 6.07) is 0. The maximum atomic E-state index is 6.18. The van der Waals surface area contributed by atoms with Crippen molar-refractivity contribution in [3.8, 4) is 17.3 Å². The lowest BCUT2D eigenvalue weighted by Crippen LogP contribution is -2.01. The van der Waals surface area contributed by atoms with Crippen LogP contribution in [0, 0.1) is 13.8 Å². The monoisotopic (exact) mass is 280 g/mol. The molecule has 0 N–H and O–H groups in total. The van der Waals surface area contributed by atoms with E-state index in [-0.39, 0.29) is 0 Å². The Balaban J connectivity index is 2.69. The molecule has 0 saturated carbocycles. The molecule has 0 amide bonds. The molecule has 2 aromatic rings. The molecule has 0 spiro atoms. The third-order valence-electron chi connectivity index (χ3n) is 3.11. The number of ether oxygens (including phenoxy) is 1. The van der Waals surface area contributed by atoms with Crippen LogP contribution in [0.2, 0.25) is 5.15 Å². The van der Waals surface area contributed by atoms with Crippen molar-refractivity contribution in [2.24, 2.45) is 7.05 Å². The van der Waals surface area contributed by atoms with Crippen molar-refractivity contribution in [1.29, 1.82) is 0 Å². The van der Waals surface area contributed by atoms with Crippen molar-refractivity contribution in [3.05, 3.63) is 22.1 Å². The summed E-state index contributed by atoms with van der Waals surface area (Å²) in [6.45, 7) is 5.88. The molecular weight excluding hydrogens is 264 g/mol. The summed E-state index contributed by atoms with van der Waals surface area (Å²) in [7, 11) is 3.43. The molecule has 0 aliphatic rings. The quantitative estimate of drug-likeness (QED) is 0.811. The Morgan fingerprint density at radius 1 is 1.26 bits per heavy atom. The van der Waals surface area contributed by atoms with Gasteiger partial charge in [-0.2, -0.15) is 5.10 Å². The van der Waals surface area contributed by atoms with Crippen molar-refractivity contribution in [1.82, 2.24) is 19.7 Å². The molecule has 102 valence electrons. The standard InChI is InChI=1S/C13H17ClN4O/c1-6-9-7(2)11(14)16-12(15-9)10-8(3)17-18(4)13(10)19-5/h6H2,1-5H3. The van der Waals surface area contributed by atoms with Crippen molar-refractivity contribution in [2.45, 2.75) is 27.2 Å². The Labute approximate surface area is 117 Å². The molecule has 0 unspecified atom stereocenters. The first-order valence-corrected chi connectivity index (χ1v) is 6.48. The van der Waals surface area contributed by atoms with E-state index in [1.807, 2.05) is 27.8 Å². The van der Waals surface area contributed by atoms with Gasteiger partial charge in [-0.25, -0.2) is 14.6 Å². The van der Waals surface area contributed by atoms with E-state index in [9.17, 15) is 0 Å². The van der Waals surface area contributed by atoms with Crippen molar-refractivity contribution in [2.75, 3.05) is 7.11 Å². The number of methoxy groups -OCH3 is 1. The SMILES string of the molecule is CCc1nc(-c2c(C)nn(C)c2OC)nc(Cl)c1C. The van der Waals surface area contributed by atoms with Gasteiger partial charge >= 0.3 is 0 Å². The summed E-state index contributed by atoms with van der Waals surface area (Å²) in [5.74, 6) is 1.20. The summed E-state index contributed by atoms with van der Waals surface area (Å²) in [5.41, 5.74) is 3.48. The minimum absolute atomic E-state index is 0.479. The smallest absolute Gasteiger partial charge is 0.222 e. The third kappa shape index (κ3) is 2.30. The van der Waals surface area contributed by atoms with Gasteiger partial charge in [-0.1, -0.05) is 18.5 Å². The summed E-state index contributed by atoms with van der Waals surface area (Å²) in [5, 5.41) is 4.81. The van der Waals surface area contributed by atoms with Gasteiger partial charge in [-0.3, -0.25) is 0 Å². The van der Waals surface area contributed by atoms with E-state index in [0.29, 0.717) is 16.9 Å². The van der Waals surface area contributed by atoms with E-state index in [2.05, 4.69) is 15.1 Å². The van der Waals surface area contributed by atoms with E-state index in [1.165, 1.54) is 0 Å². The lowest BCUT2D eigenvalue weighted by atomic mass is 10.2. The normalized spacial score (nSPS) is 10.8. The van der Waals surface area contributed by atoms with Crippen LogP contribution in [0.3, 0.4) is 0 Å². The Kier molecular flexibility index (Phi) is 3.75. The van der Waals surface area contributed by atoms with E-state index < -0.39 is 0 Å². The van der Waals surface area contributed by atoms with Gasteiger partial charge in [0.25, 0.3) is 0 Å². The molecule has 5 nitrogen and oxygen atoms in total. The maximum absolute atomic E-state index is 6.18. The summed E-state index contributed by atoms with van der Waals surface area (Å²) >= 11 is 6.18. The molecule has 0 aromatic carbocycles. The number of aryl methyl sites for hydroxylation is 3. The van der Waals surface area contributed by atoms with Crippen LogP contribution in [-0.4, -0.2) is 26.9 Å². The van der Waals surface area contributed by atoms with Crippen LogP contribution in [0.4, 0.5) is 0 Å².